The van der Waals surface area contributed by atoms with Crippen LogP contribution in [0.2, 0.25) is 5.02 Å². The fourth-order valence-corrected chi connectivity index (χ4v) is 3.08. The highest BCUT2D eigenvalue weighted by Gasteiger charge is 2.07. The van der Waals surface area contributed by atoms with E-state index < -0.39 is 0 Å². The maximum absolute atomic E-state index is 6.17. The van der Waals surface area contributed by atoms with E-state index in [1.807, 2.05) is 12.1 Å². The van der Waals surface area contributed by atoms with E-state index in [-0.39, 0.29) is 0 Å². The standard InChI is InChI=1S/C17H15BrClN5S/c1-11-2-4-12(5-3-11)9-24-10-20-16(23-24)22-17(25)21-15-7-6-13(18)8-14(15)19/h2-8,10H,9H2,1H3,(H2,21,22,23,25). The molecule has 1 heterocycles. The van der Waals surface area contributed by atoms with Gasteiger partial charge >= 0.3 is 0 Å². The zero-order valence-electron chi connectivity index (χ0n) is 13.3. The number of aryl methyl sites for hydroxylation is 1. The molecule has 0 radical (unpaired) electrons. The van der Waals surface area contributed by atoms with E-state index in [1.165, 1.54) is 5.56 Å². The molecular weight excluding hydrogens is 422 g/mol. The van der Waals surface area contributed by atoms with Gasteiger partial charge in [0.1, 0.15) is 6.33 Å². The van der Waals surface area contributed by atoms with Gasteiger partial charge in [-0.3, -0.25) is 5.32 Å². The Balaban J connectivity index is 1.60. The van der Waals surface area contributed by atoms with E-state index in [9.17, 15) is 0 Å². The molecule has 5 nitrogen and oxygen atoms in total. The lowest BCUT2D eigenvalue weighted by molar-refractivity contribution is 0.687. The molecule has 0 saturated heterocycles. The second-order valence-corrected chi connectivity index (χ2v) is 7.19. The van der Waals surface area contributed by atoms with Crippen molar-refractivity contribution in [3.8, 4) is 0 Å². The number of nitrogens with zero attached hydrogens (tertiary/aromatic N) is 3. The van der Waals surface area contributed by atoms with Gasteiger partial charge in [0.25, 0.3) is 0 Å². The van der Waals surface area contributed by atoms with Gasteiger partial charge in [-0.2, -0.15) is 0 Å². The minimum absolute atomic E-state index is 0.373. The molecule has 0 aliphatic carbocycles. The highest BCUT2D eigenvalue weighted by atomic mass is 79.9. The summed E-state index contributed by atoms with van der Waals surface area (Å²) in [5.74, 6) is 0.429. The topological polar surface area (TPSA) is 54.8 Å². The maximum Gasteiger partial charge on any atom is 0.248 e. The lowest BCUT2D eigenvalue weighted by atomic mass is 10.1. The summed E-state index contributed by atoms with van der Waals surface area (Å²) >= 11 is 14.8. The number of halogens is 2. The van der Waals surface area contributed by atoms with Crippen LogP contribution in [0.5, 0.6) is 0 Å². The summed E-state index contributed by atoms with van der Waals surface area (Å²) in [6.07, 6.45) is 1.66. The molecule has 0 bridgehead atoms. The maximum atomic E-state index is 6.17. The number of hydrogen-bond acceptors (Lipinski definition) is 3. The molecule has 0 aliphatic heterocycles. The summed E-state index contributed by atoms with van der Waals surface area (Å²) < 4.78 is 2.65. The number of hydrogen-bond donors (Lipinski definition) is 2. The monoisotopic (exact) mass is 435 g/mol. The summed E-state index contributed by atoms with van der Waals surface area (Å²) in [7, 11) is 0. The SMILES string of the molecule is Cc1ccc(Cn2cnc(NC(=S)Nc3ccc(Br)cc3Cl)n2)cc1. The Kier molecular flexibility index (Phi) is 5.67. The van der Waals surface area contributed by atoms with Crippen molar-refractivity contribution in [3.05, 3.63) is 69.4 Å². The molecule has 2 aromatic carbocycles. The quantitative estimate of drug-likeness (QED) is 0.572. The van der Waals surface area contributed by atoms with Gasteiger partial charge in [0.15, 0.2) is 5.11 Å². The molecule has 0 saturated carbocycles. The average Bonchev–Trinajstić information content (AvgIpc) is 2.99. The predicted molar refractivity (Wildman–Crippen MR) is 109 cm³/mol. The summed E-state index contributed by atoms with van der Waals surface area (Å²) in [4.78, 5) is 4.22. The van der Waals surface area contributed by atoms with Crippen molar-refractivity contribution in [2.45, 2.75) is 13.5 Å². The van der Waals surface area contributed by atoms with Crippen molar-refractivity contribution in [3.63, 3.8) is 0 Å². The van der Waals surface area contributed by atoms with Gasteiger partial charge in [0.05, 0.1) is 17.3 Å². The van der Waals surface area contributed by atoms with Gasteiger partial charge in [0.2, 0.25) is 5.95 Å². The normalized spacial score (nSPS) is 10.5. The van der Waals surface area contributed by atoms with Crippen LogP contribution in [0.1, 0.15) is 11.1 Å². The van der Waals surface area contributed by atoms with Crippen LogP contribution in [0.3, 0.4) is 0 Å². The minimum atomic E-state index is 0.373. The molecule has 128 valence electrons. The second kappa shape index (κ2) is 7.95. The fourth-order valence-electron chi connectivity index (χ4n) is 2.15. The highest BCUT2D eigenvalue weighted by Crippen LogP contribution is 2.25. The molecule has 8 heteroatoms. The number of thiocarbonyl (C=S) groups is 1. The lowest BCUT2D eigenvalue weighted by Gasteiger charge is -2.09. The fraction of sp³-hybridized carbons (Fsp3) is 0.118. The Labute approximate surface area is 164 Å². The number of rotatable bonds is 4. The number of aromatic nitrogens is 3. The Hall–Kier alpha value is -1.96. The van der Waals surface area contributed by atoms with Crippen LogP contribution in [-0.4, -0.2) is 19.9 Å². The zero-order valence-corrected chi connectivity index (χ0v) is 16.5. The number of benzene rings is 2. The first-order chi connectivity index (χ1) is 12.0. The van der Waals surface area contributed by atoms with Crippen molar-refractivity contribution < 1.29 is 0 Å². The van der Waals surface area contributed by atoms with Crippen molar-refractivity contribution in [2.24, 2.45) is 0 Å². The molecule has 0 spiro atoms. The van der Waals surface area contributed by atoms with E-state index in [0.29, 0.717) is 28.3 Å². The molecule has 0 atom stereocenters. The van der Waals surface area contributed by atoms with E-state index in [1.54, 1.807) is 17.1 Å². The van der Waals surface area contributed by atoms with Crippen molar-refractivity contribution >= 4 is 56.5 Å². The summed E-state index contributed by atoms with van der Waals surface area (Å²) in [6, 6.07) is 13.8. The lowest BCUT2D eigenvalue weighted by Crippen LogP contribution is -2.20. The van der Waals surface area contributed by atoms with Crippen LogP contribution in [0.15, 0.2) is 53.3 Å². The second-order valence-electron chi connectivity index (χ2n) is 5.45. The van der Waals surface area contributed by atoms with E-state index in [4.69, 9.17) is 23.8 Å². The van der Waals surface area contributed by atoms with Gasteiger partial charge < -0.3 is 5.32 Å². The molecular formula is C17H15BrClN5S. The molecule has 0 amide bonds. The molecule has 0 unspecified atom stereocenters. The molecule has 2 N–H and O–H groups in total. The highest BCUT2D eigenvalue weighted by molar-refractivity contribution is 9.10. The van der Waals surface area contributed by atoms with Gasteiger partial charge in [-0.05, 0) is 42.9 Å². The van der Waals surface area contributed by atoms with Crippen LogP contribution in [-0.2, 0) is 6.54 Å². The van der Waals surface area contributed by atoms with Gasteiger partial charge in [-0.15, -0.1) is 5.10 Å². The largest absolute Gasteiger partial charge is 0.331 e. The molecule has 0 fully saturated rings. The van der Waals surface area contributed by atoms with E-state index in [0.717, 1.165) is 10.0 Å². The van der Waals surface area contributed by atoms with Crippen LogP contribution in [0.4, 0.5) is 11.6 Å². The average molecular weight is 437 g/mol. The van der Waals surface area contributed by atoms with Crippen molar-refractivity contribution in [1.29, 1.82) is 0 Å². The Morgan fingerprint density at radius 2 is 1.96 bits per heavy atom. The zero-order chi connectivity index (χ0) is 17.8. The minimum Gasteiger partial charge on any atom is -0.331 e. The summed E-state index contributed by atoms with van der Waals surface area (Å²) in [5.41, 5.74) is 3.10. The molecule has 1 aromatic heterocycles. The molecule has 0 aliphatic rings. The Morgan fingerprint density at radius 3 is 2.68 bits per heavy atom. The Bertz CT molecular complexity index is 894. The van der Waals surface area contributed by atoms with Crippen molar-refractivity contribution in [1.82, 2.24) is 14.8 Å². The summed E-state index contributed by atoms with van der Waals surface area (Å²) in [5, 5.41) is 11.3. The molecule has 25 heavy (non-hydrogen) atoms. The third-order valence-corrected chi connectivity index (χ3v) is 4.42. The number of nitrogens with one attached hydrogen (secondary N) is 2. The first kappa shape index (κ1) is 17.8. The first-order valence-electron chi connectivity index (χ1n) is 7.47. The van der Waals surface area contributed by atoms with Crippen LogP contribution in [0.25, 0.3) is 0 Å². The van der Waals surface area contributed by atoms with Crippen LogP contribution >= 0.6 is 39.7 Å². The van der Waals surface area contributed by atoms with Crippen LogP contribution < -0.4 is 10.6 Å². The van der Waals surface area contributed by atoms with Crippen LogP contribution in [0, 0.1) is 6.92 Å². The Morgan fingerprint density at radius 1 is 1.20 bits per heavy atom. The van der Waals surface area contributed by atoms with Gasteiger partial charge in [-0.25, -0.2) is 9.67 Å². The van der Waals surface area contributed by atoms with E-state index in [2.05, 4.69) is 67.8 Å². The smallest absolute Gasteiger partial charge is 0.248 e. The summed E-state index contributed by atoms with van der Waals surface area (Å²) in [6.45, 7) is 2.71. The third-order valence-electron chi connectivity index (χ3n) is 3.41. The van der Waals surface area contributed by atoms with Crippen molar-refractivity contribution in [2.75, 3.05) is 10.6 Å². The van der Waals surface area contributed by atoms with E-state index >= 15 is 0 Å². The third kappa shape index (κ3) is 5.01. The first-order valence-corrected chi connectivity index (χ1v) is 9.05. The van der Waals surface area contributed by atoms with Gasteiger partial charge in [-0.1, -0.05) is 57.4 Å². The molecule has 3 rings (SSSR count). The number of anilines is 2. The predicted octanol–water partition coefficient (Wildman–Crippen LogP) is 4.86. The van der Waals surface area contributed by atoms with Gasteiger partial charge in [0, 0.05) is 4.47 Å². The molecule has 3 aromatic rings.